The number of fused-ring (bicyclic) bond motifs is 1. The number of nitrogens with zero attached hydrogens (tertiary/aromatic N) is 1. The number of carbonyl (C=O) groups is 1. The Balaban J connectivity index is 0.000000523. The first kappa shape index (κ1) is 23.8. The van der Waals surface area contributed by atoms with Crippen molar-refractivity contribution in [2.24, 2.45) is 0 Å². The van der Waals surface area contributed by atoms with E-state index in [1.165, 1.54) is 33.2 Å². The van der Waals surface area contributed by atoms with Crippen molar-refractivity contribution >= 4 is 33.3 Å². The van der Waals surface area contributed by atoms with E-state index in [0.717, 1.165) is 11.0 Å². The summed E-state index contributed by atoms with van der Waals surface area (Å²) in [6, 6.07) is 26.2. The highest BCUT2D eigenvalue weighted by Gasteiger charge is 2.15. The van der Waals surface area contributed by atoms with E-state index in [1.54, 1.807) is 6.92 Å². The molecular weight excluding hydrogens is 462 g/mol. The second-order valence-electron chi connectivity index (χ2n) is 8.70. The molecule has 0 fully saturated rings. The lowest BCUT2D eigenvalue weighted by molar-refractivity contribution is -0.128. The van der Waals surface area contributed by atoms with E-state index in [2.05, 4.69) is 125 Å². The van der Waals surface area contributed by atoms with Gasteiger partial charge in [-0.15, -0.1) is 0 Å². The van der Waals surface area contributed by atoms with Gasteiger partial charge in [0.05, 0.1) is 6.61 Å². The fraction of sp³-hybridized carbons (Fsp3) is 0.250. The molecule has 0 radical (unpaired) electrons. The monoisotopic (exact) mass is 491 g/mol. The molecule has 0 aliphatic rings. The predicted octanol–water partition coefficient (Wildman–Crippen LogP) is 7.60. The van der Waals surface area contributed by atoms with Crippen LogP contribution in [-0.4, -0.2) is 17.6 Å². The summed E-state index contributed by atoms with van der Waals surface area (Å²) < 4.78 is 7.62. The lowest BCUT2D eigenvalue weighted by atomic mass is 9.86. The van der Waals surface area contributed by atoms with Crippen LogP contribution >= 0.6 is 15.9 Å². The van der Waals surface area contributed by atoms with Crippen LogP contribution in [-0.2, 0) is 21.5 Å². The number of halogens is 1. The third-order valence-corrected chi connectivity index (χ3v) is 5.82. The quantitative estimate of drug-likeness (QED) is 0.269. The predicted molar refractivity (Wildman–Crippen MR) is 137 cm³/mol. The smallest absolute Gasteiger partial charge is 0.293 e. The lowest BCUT2D eigenvalue weighted by Gasteiger charge is -2.19. The summed E-state index contributed by atoms with van der Waals surface area (Å²) in [6.07, 6.45) is 2.29. The van der Waals surface area contributed by atoms with Crippen LogP contribution in [0.1, 0.15) is 38.8 Å². The Kier molecular flexibility index (Phi) is 7.92. The second kappa shape index (κ2) is 10.6. The van der Waals surface area contributed by atoms with Gasteiger partial charge >= 0.3 is 0 Å². The highest BCUT2D eigenvalue weighted by Crippen LogP contribution is 2.33. The molecule has 0 aliphatic heterocycles. The van der Waals surface area contributed by atoms with Crippen LogP contribution in [0.15, 0.2) is 83.5 Å². The molecular formula is C28H30BrNO2. The topological polar surface area (TPSA) is 31.2 Å². The molecule has 0 saturated heterocycles. The van der Waals surface area contributed by atoms with Crippen LogP contribution < -0.4 is 0 Å². The minimum absolute atomic E-state index is 0.174. The van der Waals surface area contributed by atoms with Crippen molar-refractivity contribution in [1.82, 2.24) is 4.57 Å². The Morgan fingerprint density at radius 3 is 2.28 bits per heavy atom. The molecule has 3 nitrogen and oxygen atoms in total. The molecule has 166 valence electrons. The van der Waals surface area contributed by atoms with Crippen molar-refractivity contribution in [1.29, 1.82) is 0 Å². The molecule has 0 aliphatic carbocycles. The van der Waals surface area contributed by atoms with Gasteiger partial charge in [-0.2, -0.15) is 0 Å². The van der Waals surface area contributed by atoms with E-state index < -0.39 is 0 Å². The first-order valence-corrected chi connectivity index (χ1v) is 11.6. The van der Waals surface area contributed by atoms with Crippen LogP contribution in [0.4, 0.5) is 0 Å². The summed E-state index contributed by atoms with van der Waals surface area (Å²) in [5.41, 5.74) is 6.66. The summed E-state index contributed by atoms with van der Waals surface area (Å²) in [5, 5.41) is 1.30. The molecule has 32 heavy (non-hydrogen) atoms. The molecule has 0 amide bonds. The fourth-order valence-electron chi connectivity index (χ4n) is 3.66. The largest absolute Gasteiger partial charge is 0.468 e. The maximum absolute atomic E-state index is 9.18. The van der Waals surface area contributed by atoms with Crippen LogP contribution in [0, 0.1) is 0 Å². The number of carbonyl (C=O) groups excluding carboxylic acids is 1. The zero-order chi connectivity index (χ0) is 23.1. The molecule has 4 aromatic rings. The Morgan fingerprint density at radius 2 is 1.69 bits per heavy atom. The maximum atomic E-state index is 9.18. The molecule has 0 N–H and O–H groups in total. The summed E-state index contributed by atoms with van der Waals surface area (Å²) in [5.74, 6) is 0. The fourth-order valence-corrected chi connectivity index (χ4v) is 4.10. The number of ether oxygens (including phenoxy) is 1. The average molecular weight is 492 g/mol. The van der Waals surface area contributed by atoms with Gasteiger partial charge in [-0.05, 0) is 47.2 Å². The number of rotatable bonds is 5. The first-order valence-electron chi connectivity index (χ1n) is 10.8. The van der Waals surface area contributed by atoms with E-state index in [1.807, 2.05) is 0 Å². The van der Waals surface area contributed by atoms with Crippen molar-refractivity contribution in [2.75, 3.05) is 6.61 Å². The van der Waals surface area contributed by atoms with Gasteiger partial charge in [0.15, 0.2) is 0 Å². The molecule has 1 aromatic heterocycles. The van der Waals surface area contributed by atoms with Gasteiger partial charge in [-0.1, -0.05) is 91.3 Å². The first-order chi connectivity index (χ1) is 15.3. The Labute approximate surface area is 199 Å². The van der Waals surface area contributed by atoms with Gasteiger partial charge in [0.2, 0.25) is 0 Å². The molecule has 0 saturated carbocycles. The molecule has 0 bridgehead atoms. The van der Waals surface area contributed by atoms with Gasteiger partial charge in [0.25, 0.3) is 6.47 Å². The van der Waals surface area contributed by atoms with Crippen LogP contribution in [0.3, 0.4) is 0 Å². The number of para-hydroxylation sites is 1. The van der Waals surface area contributed by atoms with E-state index in [-0.39, 0.29) is 5.41 Å². The molecule has 1 heterocycles. The van der Waals surface area contributed by atoms with Gasteiger partial charge in [-0.25, -0.2) is 0 Å². The average Bonchev–Trinajstić information content (AvgIpc) is 3.13. The van der Waals surface area contributed by atoms with Crippen molar-refractivity contribution in [2.45, 2.75) is 39.7 Å². The third-order valence-electron chi connectivity index (χ3n) is 5.33. The number of hydrogen-bond donors (Lipinski definition) is 0. The Morgan fingerprint density at radius 1 is 0.969 bits per heavy atom. The van der Waals surface area contributed by atoms with Crippen LogP contribution in [0.25, 0.3) is 22.0 Å². The summed E-state index contributed by atoms with van der Waals surface area (Å²) in [7, 11) is 0. The Bertz CT molecular complexity index is 1170. The molecule has 0 atom stereocenters. The summed E-state index contributed by atoms with van der Waals surface area (Å²) in [4.78, 5) is 9.18. The van der Waals surface area contributed by atoms with Gasteiger partial charge in [0, 0.05) is 33.7 Å². The number of hydrogen-bond acceptors (Lipinski definition) is 2. The van der Waals surface area contributed by atoms with Gasteiger partial charge in [0.1, 0.15) is 0 Å². The van der Waals surface area contributed by atoms with E-state index in [9.17, 15) is 4.79 Å². The normalized spacial score (nSPS) is 11.0. The van der Waals surface area contributed by atoms with Crippen molar-refractivity contribution < 1.29 is 9.53 Å². The minimum atomic E-state index is 0.174. The zero-order valence-electron chi connectivity index (χ0n) is 19.1. The molecule has 4 heteroatoms. The summed E-state index contributed by atoms with van der Waals surface area (Å²) >= 11 is 3.58. The lowest BCUT2D eigenvalue weighted by Crippen LogP contribution is -2.10. The highest BCUT2D eigenvalue weighted by atomic mass is 79.9. The van der Waals surface area contributed by atoms with Crippen molar-refractivity contribution in [3.63, 3.8) is 0 Å². The highest BCUT2D eigenvalue weighted by molar-refractivity contribution is 9.10. The zero-order valence-corrected chi connectivity index (χ0v) is 20.7. The Hall–Kier alpha value is -2.85. The van der Waals surface area contributed by atoms with Crippen LogP contribution in [0.2, 0.25) is 0 Å². The third kappa shape index (κ3) is 5.89. The van der Waals surface area contributed by atoms with Crippen molar-refractivity contribution in [3.05, 3.63) is 94.6 Å². The standard InChI is InChI=1S/C25H24BrN.C3H6O2/c1-25(2,3)20-13-11-19(12-14-20)23-17-27(24-10-5-4-9-22(23)24)16-18-7-6-8-21(26)15-18;1-2-5-3-4/h4-15,17H,16H2,1-3H3;3H,2H2,1H3. The van der Waals surface area contributed by atoms with Gasteiger partial charge < -0.3 is 9.30 Å². The van der Waals surface area contributed by atoms with Crippen molar-refractivity contribution in [3.8, 4) is 11.1 Å². The second-order valence-corrected chi connectivity index (χ2v) is 9.61. The van der Waals surface area contributed by atoms with Gasteiger partial charge in [-0.3, -0.25) is 4.79 Å². The van der Waals surface area contributed by atoms with E-state index in [4.69, 9.17) is 0 Å². The maximum Gasteiger partial charge on any atom is 0.293 e. The summed E-state index contributed by atoms with van der Waals surface area (Å²) in [6.45, 7) is 10.3. The molecule has 0 spiro atoms. The molecule has 0 unspecified atom stereocenters. The van der Waals surface area contributed by atoms with E-state index in [0.29, 0.717) is 13.1 Å². The minimum Gasteiger partial charge on any atom is -0.468 e. The number of aromatic nitrogens is 1. The SMILES string of the molecule is CC(C)(C)c1ccc(-c2cn(Cc3cccc(Br)c3)c3ccccc23)cc1.CCOC=O. The number of benzene rings is 3. The van der Waals surface area contributed by atoms with Crippen LogP contribution in [0.5, 0.6) is 0 Å². The van der Waals surface area contributed by atoms with E-state index >= 15 is 0 Å². The molecule has 4 rings (SSSR count). The molecule has 3 aromatic carbocycles.